The molecule has 6 nitrogen and oxygen atoms in total. The number of carbonyl (C=O) groups excluding carboxylic acids is 2. The van der Waals surface area contributed by atoms with E-state index in [1.165, 1.54) is 7.05 Å². The van der Waals surface area contributed by atoms with Crippen LogP contribution >= 0.6 is 0 Å². The molecule has 0 radical (unpaired) electrons. The van der Waals surface area contributed by atoms with E-state index in [4.69, 9.17) is 9.47 Å². The highest BCUT2D eigenvalue weighted by molar-refractivity contribution is 6.09. The maximum atomic E-state index is 12.2. The molecular formula is C14H16N2O4. The lowest BCUT2D eigenvalue weighted by molar-refractivity contribution is -0.127. The fraction of sp³-hybridized carbons (Fsp3) is 0.429. The summed E-state index contributed by atoms with van der Waals surface area (Å²) in [5.74, 6) is 0.983. The highest BCUT2D eigenvalue weighted by Gasteiger charge is 2.67. The Morgan fingerprint density at radius 3 is 2.60 bits per heavy atom. The molecule has 1 aliphatic heterocycles. The van der Waals surface area contributed by atoms with E-state index in [1.807, 2.05) is 12.1 Å². The minimum Gasteiger partial charge on any atom is -0.493 e. The Balaban J connectivity index is 1.98. The maximum Gasteiger partial charge on any atom is 0.324 e. The minimum absolute atomic E-state index is 0.0750. The third-order valence-electron chi connectivity index (χ3n) is 4.09. The van der Waals surface area contributed by atoms with Gasteiger partial charge in [0.15, 0.2) is 11.5 Å². The van der Waals surface area contributed by atoms with E-state index >= 15 is 0 Å². The van der Waals surface area contributed by atoms with E-state index in [9.17, 15) is 9.59 Å². The van der Waals surface area contributed by atoms with Gasteiger partial charge in [0.2, 0.25) is 0 Å². The molecule has 3 rings (SSSR count). The number of nitrogens with zero attached hydrogens (tertiary/aromatic N) is 1. The van der Waals surface area contributed by atoms with Crippen LogP contribution in [0.15, 0.2) is 18.2 Å². The second-order valence-corrected chi connectivity index (χ2v) is 5.11. The van der Waals surface area contributed by atoms with E-state index < -0.39 is 5.54 Å². The molecule has 1 saturated heterocycles. The van der Waals surface area contributed by atoms with Crippen LogP contribution < -0.4 is 14.8 Å². The number of ether oxygens (including phenoxy) is 2. The average molecular weight is 276 g/mol. The number of imide groups is 1. The number of likely N-dealkylation sites (N-methyl/N-ethyl adjacent to an activating group) is 1. The lowest BCUT2D eigenvalue weighted by Crippen LogP contribution is -2.33. The Hall–Kier alpha value is -2.24. The first-order valence-corrected chi connectivity index (χ1v) is 6.36. The molecule has 20 heavy (non-hydrogen) atoms. The second-order valence-electron chi connectivity index (χ2n) is 5.11. The van der Waals surface area contributed by atoms with Crippen LogP contribution in [0.25, 0.3) is 0 Å². The Bertz CT molecular complexity index is 601. The van der Waals surface area contributed by atoms with Gasteiger partial charge in [0.1, 0.15) is 5.54 Å². The molecule has 106 valence electrons. The third-order valence-corrected chi connectivity index (χ3v) is 4.09. The number of benzene rings is 1. The van der Waals surface area contributed by atoms with Crippen molar-refractivity contribution >= 4 is 11.9 Å². The zero-order valence-corrected chi connectivity index (χ0v) is 11.6. The van der Waals surface area contributed by atoms with Gasteiger partial charge in [-0.1, -0.05) is 12.1 Å². The smallest absolute Gasteiger partial charge is 0.324 e. The van der Waals surface area contributed by atoms with Crippen molar-refractivity contribution in [3.63, 3.8) is 0 Å². The number of hydrogen-bond donors (Lipinski definition) is 1. The van der Waals surface area contributed by atoms with E-state index in [0.29, 0.717) is 17.9 Å². The first-order chi connectivity index (χ1) is 9.55. The van der Waals surface area contributed by atoms with Crippen molar-refractivity contribution in [2.75, 3.05) is 21.3 Å². The van der Waals surface area contributed by atoms with Crippen molar-refractivity contribution in [3.05, 3.63) is 23.8 Å². The highest BCUT2D eigenvalue weighted by Crippen LogP contribution is 2.57. The standard InChI is InChI=1S/C14H16N2O4/c1-16-12(17)14(15-13(16)18)7-9(14)8-5-4-6-10(19-2)11(8)20-3/h4-6,9H,7H2,1-3H3,(H,15,18). The van der Waals surface area contributed by atoms with Crippen molar-refractivity contribution < 1.29 is 19.1 Å². The molecule has 1 aliphatic carbocycles. The number of nitrogens with one attached hydrogen (secondary N) is 1. The van der Waals surface area contributed by atoms with E-state index in [1.54, 1.807) is 20.3 Å². The summed E-state index contributed by atoms with van der Waals surface area (Å²) in [7, 11) is 4.63. The molecule has 1 aromatic rings. The SMILES string of the molecule is COc1cccc(C2CC23NC(=O)N(C)C3=O)c1OC. The molecule has 2 unspecified atom stereocenters. The van der Waals surface area contributed by atoms with Crippen LogP contribution in [0.5, 0.6) is 11.5 Å². The second kappa shape index (κ2) is 4.13. The van der Waals surface area contributed by atoms with Crippen LogP contribution in [0.4, 0.5) is 4.79 Å². The molecule has 0 aromatic heterocycles. The fourth-order valence-corrected chi connectivity index (χ4v) is 2.92. The Morgan fingerprint density at radius 2 is 2.05 bits per heavy atom. The van der Waals surface area contributed by atoms with Crippen LogP contribution in [-0.2, 0) is 4.79 Å². The van der Waals surface area contributed by atoms with E-state index in [0.717, 1.165) is 10.5 Å². The summed E-state index contributed by atoms with van der Waals surface area (Å²) in [6.45, 7) is 0. The summed E-state index contributed by atoms with van der Waals surface area (Å²) >= 11 is 0. The molecule has 1 heterocycles. The van der Waals surface area contributed by atoms with Crippen molar-refractivity contribution in [2.45, 2.75) is 17.9 Å². The molecule has 2 aliphatic rings. The first kappa shape index (κ1) is 12.8. The van der Waals surface area contributed by atoms with Gasteiger partial charge >= 0.3 is 6.03 Å². The number of para-hydroxylation sites is 1. The molecule has 6 heteroatoms. The molecule has 2 fully saturated rings. The molecule has 0 bridgehead atoms. The van der Waals surface area contributed by atoms with Gasteiger partial charge in [0, 0.05) is 18.5 Å². The quantitative estimate of drug-likeness (QED) is 0.840. The van der Waals surface area contributed by atoms with Gasteiger partial charge in [0.25, 0.3) is 5.91 Å². The molecule has 2 atom stereocenters. The number of carbonyl (C=O) groups is 2. The molecule has 1 saturated carbocycles. The van der Waals surface area contributed by atoms with Gasteiger partial charge in [0.05, 0.1) is 14.2 Å². The van der Waals surface area contributed by atoms with Crippen LogP contribution in [0.1, 0.15) is 17.9 Å². The van der Waals surface area contributed by atoms with Gasteiger partial charge < -0.3 is 14.8 Å². The number of hydrogen-bond acceptors (Lipinski definition) is 4. The normalized spacial score (nSPS) is 27.8. The summed E-state index contributed by atoms with van der Waals surface area (Å²) in [5.41, 5.74) is 0.0849. The maximum absolute atomic E-state index is 12.2. The lowest BCUT2D eigenvalue weighted by Gasteiger charge is -2.14. The number of rotatable bonds is 3. The van der Waals surface area contributed by atoms with E-state index in [-0.39, 0.29) is 17.9 Å². The number of methoxy groups -OCH3 is 2. The van der Waals surface area contributed by atoms with Crippen LogP contribution in [0.2, 0.25) is 0 Å². The predicted molar refractivity (Wildman–Crippen MR) is 70.9 cm³/mol. The van der Waals surface area contributed by atoms with Gasteiger partial charge in [-0.3, -0.25) is 9.69 Å². The summed E-state index contributed by atoms with van der Waals surface area (Å²) in [6.07, 6.45) is 0.589. The molecule has 3 amide bonds. The topological polar surface area (TPSA) is 67.9 Å². The summed E-state index contributed by atoms with van der Waals surface area (Å²) in [6, 6.07) is 5.21. The summed E-state index contributed by atoms with van der Waals surface area (Å²) in [4.78, 5) is 25.0. The highest BCUT2D eigenvalue weighted by atomic mass is 16.5. The van der Waals surface area contributed by atoms with Crippen molar-refractivity contribution in [1.82, 2.24) is 10.2 Å². The Kier molecular flexibility index (Phi) is 2.64. The molecule has 1 N–H and O–H groups in total. The van der Waals surface area contributed by atoms with Crippen LogP contribution in [0, 0.1) is 0 Å². The largest absolute Gasteiger partial charge is 0.493 e. The summed E-state index contributed by atoms with van der Waals surface area (Å²) in [5, 5.41) is 2.78. The molecule has 1 spiro atoms. The van der Waals surface area contributed by atoms with Gasteiger partial charge in [-0.05, 0) is 12.5 Å². The fourth-order valence-electron chi connectivity index (χ4n) is 2.92. The number of amides is 3. The Labute approximate surface area is 116 Å². The number of urea groups is 1. The predicted octanol–water partition coefficient (Wildman–Crippen LogP) is 1.11. The summed E-state index contributed by atoms with van der Waals surface area (Å²) < 4.78 is 10.7. The molecule has 1 aromatic carbocycles. The monoisotopic (exact) mass is 276 g/mol. The molecular weight excluding hydrogens is 260 g/mol. The van der Waals surface area contributed by atoms with Gasteiger partial charge in [-0.2, -0.15) is 0 Å². The third kappa shape index (κ3) is 1.51. The Morgan fingerprint density at radius 1 is 1.30 bits per heavy atom. The lowest BCUT2D eigenvalue weighted by atomic mass is 10.0. The van der Waals surface area contributed by atoms with Gasteiger partial charge in [-0.15, -0.1) is 0 Å². The first-order valence-electron chi connectivity index (χ1n) is 6.36. The van der Waals surface area contributed by atoms with Gasteiger partial charge in [-0.25, -0.2) is 4.79 Å². The van der Waals surface area contributed by atoms with Crippen molar-refractivity contribution in [2.24, 2.45) is 0 Å². The van der Waals surface area contributed by atoms with E-state index in [2.05, 4.69) is 5.32 Å². The average Bonchev–Trinajstić information content (AvgIpc) is 3.14. The van der Waals surface area contributed by atoms with Crippen molar-refractivity contribution in [1.29, 1.82) is 0 Å². The zero-order valence-electron chi connectivity index (χ0n) is 11.6. The van der Waals surface area contributed by atoms with Crippen LogP contribution in [0.3, 0.4) is 0 Å². The minimum atomic E-state index is -0.800. The van der Waals surface area contributed by atoms with Crippen LogP contribution in [-0.4, -0.2) is 43.6 Å². The van der Waals surface area contributed by atoms with Crippen molar-refractivity contribution in [3.8, 4) is 11.5 Å². The zero-order chi connectivity index (χ0) is 14.5.